The molecule has 1 heterocycles. The highest BCUT2D eigenvalue weighted by Gasteiger charge is 2.27. The van der Waals surface area contributed by atoms with Crippen LogP contribution in [0.1, 0.15) is 23.6 Å². The summed E-state index contributed by atoms with van der Waals surface area (Å²) in [5, 5.41) is 19.6. The molecule has 0 saturated heterocycles. The summed E-state index contributed by atoms with van der Waals surface area (Å²) in [7, 11) is 0. The van der Waals surface area contributed by atoms with Gasteiger partial charge in [0.15, 0.2) is 0 Å². The summed E-state index contributed by atoms with van der Waals surface area (Å²) < 4.78 is 5.25. The number of nitriles is 1. The maximum Gasteiger partial charge on any atom is 0.312 e. The first-order valence-corrected chi connectivity index (χ1v) is 4.74. The molecule has 0 aliphatic carbocycles. The Kier molecular flexibility index (Phi) is 3.89. The predicted molar refractivity (Wildman–Crippen MR) is 62.1 cm³/mol. The number of benzene rings is 1. The Bertz CT molecular complexity index is 498. The van der Waals surface area contributed by atoms with Gasteiger partial charge in [0.2, 0.25) is 5.75 Å². The molecule has 6 nitrogen and oxygen atoms in total. The van der Waals surface area contributed by atoms with Crippen LogP contribution in [-0.4, -0.2) is 11.5 Å². The number of halogens is 1. The molecule has 2 N–H and O–H groups in total. The lowest BCUT2D eigenvalue weighted by Crippen LogP contribution is -2.21. The molecule has 0 fully saturated rings. The summed E-state index contributed by atoms with van der Waals surface area (Å²) in [5.41, 5.74) is 6.40. The number of fused-ring (bicyclic) bond motifs is 1. The largest absolute Gasteiger partial charge is 0.487 e. The summed E-state index contributed by atoms with van der Waals surface area (Å²) >= 11 is 0. The Morgan fingerprint density at radius 1 is 1.59 bits per heavy atom. The second-order valence-electron chi connectivity index (χ2n) is 3.53. The van der Waals surface area contributed by atoms with Gasteiger partial charge in [0.25, 0.3) is 0 Å². The zero-order valence-corrected chi connectivity index (χ0v) is 9.57. The van der Waals surface area contributed by atoms with E-state index in [1.807, 2.05) is 6.07 Å². The lowest BCUT2D eigenvalue weighted by Gasteiger charge is -2.22. The van der Waals surface area contributed by atoms with Crippen molar-refractivity contribution in [3.8, 4) is 11.8 Å². The van der Waals surface area contributed by atoms with Gasteiger partial charge in [-0.3, -0.25) is 10.1 Å². The van der Waals surface area contributed by atoms with Gasteiger partial charge in [-0.25, -0.2) is 0 Å². The Labute approximate surface area is 104 Å². The molecular formula is C10H10ClN3O3. The standard InChI is InChI=1S/C10H9N3O3.ClH/c11-5-6-3-7-8(12)1-2-16-10(7)9(4-6)13(14)15;/h3-4,8H,1-2,12H2;1H/t8-;/m0./s1. The van der Waals surface area contributed by atoms with Crippen LogP contribution < -0.4 is 10.5 Å². The van der Waals surface area contributed by atoms with Gasteiger partial charge in [0.1, 0.15) is 0 Å². The second-order valence-corrected chi connectivity index (χ2v) is 3.53. The molecule has 1 aliphatic rings. The summed E-state index contributed by atoms with van der Waals surface area (Å²) in [4.78, 5) is 10.3. The van der Waals surface area contributed by atoms with E-state index in [0.717, 1.165) is 0 Å². The molecule has 0 unspecified atom stereocenters. The Morgan fingerprint density at radius 2 is 2.29 bits per heavy atom. The highest BCUT2D eigenvalue weighted by atomic mass is 35.5. The van der Waals surface area contributed by atoms with Crippen molar-refractivity contribution in [2.45, 2.75) is 12.5 Å². The van der Waals surface area contributed by atoms with Crippen LogP contribution in [0, 0.1) is 21.4 Å². The fourth-order valence-corrected chi connectivity index (χ4v) is 1.71. The van der Waals surface area contributed by atoms with E-state index in [1.54, 1.807) is 6.07 Å². The fourth-order valence-electron chi connectivity index (χ4n) is 1.71. The molecule has 0 amide bonds. The van der Waals surface area contributed by atoms with Gasteiger partial charge in [-0.05, 0) is 6.07 Å². The summed E-state index contributed by atoms with van der Waals surface area (Å²) in [6, 6.07) is 4.32. The lowest BCUT2D eigenvalue weighted by atomic mass is 9.98. The number of rotatable bonds is 1. The van der Waals surface area contributed by atoms with Crippen LogP contribution in [0.25, 0.3) is 0 Å². The smallest absolute Gasteiger partial charge is 0.312 e. The van der Waals surface area contributed by atoms with Crippen molar-refractivity contribution in [1.82, 2.24) is 0 Å². The number of nitro groups is 1. The van der Waals surface area contributed by atoms with Crippen LogP contribution >= 0.6 is 12.4 Å². The minimum atomic E-state index is -0.558. The zero-order chi connectivity index (χ0) is 11.7. The molecule has 0 bridgehead atoms. The Morgan fingerprint density at radius 3 is 2.88 bits per heavy atom. The van der Waals surface area contributed by atoms with Crippen molar-refractivity contribution in [2.24, 2.45) is 5.73 Å². The number of nitrogens with zero attached hydrogens (tertiary/aromatic N) is 2. The summed E-state index contributed by atoms with van der Waals surface area (Å²) in [6.07, 6.45) is 0.596. The molecule has 1 aromatic rings. The van der Waals surface area contributed by atoms with Crippen LogP contribution in [-0.2, 0) is 0 Å². The fraction of sp³-hybridized carbons (Fsp3) is 0.300. The van der Waals surface area contributed by atoms with Crippen molar-refractivity contribution >= 4 is 18.1 Å². The molecule has 17 heavy (non-hydrogen) atoms. The van der Waals surface area contributed by atoms with E-state index < -0.39 is 4.92 Å². The minimum Gasteiger partial charge on any atom is -0.487 e. The van der Waals surface area contributed by atoms with Crippen LogP contribution in [0.2, 0.25) is 0 Å². The van der Waals surface area contributed by atoms with E-state index >= 15 is 0 Å². The SMILES string of the molecule is Cl.N#Cc1cc2c(c([N+](=O)[O-])c1)OCC[C@@H]2N. The molecule has 0 saturated carbocycles. The van der Waals surface area contributed by atoms with Crippen molar-refractivity contribution in [1.29, 1.82) is 5.26 Å². The van der Waals surface area contributed by atoms with Gasteiger partial charge < -0.3 is 10.5 Å². The number of hydrogen-bond acceptors (Lipinski definition) is 5. The third-order valence-electron chi connectivity index (χ3n) is 2.50. The Hall–Kier alpha value is -1.84. The Balaban J connectivity index is 0.00000144. The van der Waals surface area contributed by atoms with E-state index in [-0.39, 0.29) is 35.4 Å². The van der Waals surface area contributed by atoms with Crippen molar-refractivity contribution in [3.63, 3.8) is 0 Å². The maximum atomic E-state index is 10.8. The van der Waals surface area contributed by atoms with E-state index in [4.69, 9.17) is 15.7 Å². The molecule has 90 valence electrons. The lowest BCUT2D eigenvalue weighted by molar-refractivity contribution is -0.386. The van der Waals surface area contributed by atoms with Gasteiger partial charge >= 0.3 is 5.69 Å². The van der Waals surface area contributed by atoms with Crippen LogP contribution in [0.3, 0.4) is 0 Å². The van der Waals surface area contributed by atoms with Gasteiger partial charge in [-0.15, -0.1) is 12.4 Å². The third kappa shape index (κ3) is 2.30. The molecule has 2 rings (SSSR count). The average molecular weight is 256 g/mol. The maximum absolute atomic E-state index is 10.8. The average Bonchev–Trinajstić information content (AvgIpc) is 2.28. The van der Waals surface area contributed by atoms with Crippen molar-refractivity contribution < 1.29 is 9.66 Å². The number of nitro benzene ring substituents is 1. The molecule has 1 aromatic carbocycles. The third-order valence-corrected chi connectivity index (χ3v) is 2.50. The molecule has 0 aromatic heterocycles. The number of nitrogens with two attached hydrogens (primary N) is 1. The summed E-state index contributed by atoms with van der Waals surface area (Å²) in [6.45, 7) is 0.362. The molecule has 0 radical (unpaired) electrons. The van der Waals surface area contributed by atoms with Crippen LogP contribution in [0.5, 0.6) is 5.75 Å². The van der Waals surface area contributed by atoms with Gasteiger partial charge in [-0.1, -0.05) is 0 Å². The topological polar surface area (TPSA) is 102 Å². The first kappa shape index (κ1) is 13.2. The minimum absolute atomic E-state index is 0. The van der Waals surface area contributed by atoms with Gasteiger partial charge in [-0.2, -0.15) is 5.26 Å². The highest BCUT2D eigenvalue weighted by molar-refractivity contribution is 5.85. The highest BCUT2D eigenvalue weighted by Crippen LogP contribution is 2.39. The quantitative estimate of drug-likeness (QED) is 0.607. The zero-order valence-electron chi connectivity index (χ0n) is 8.75. The summed E-state index contributed by atoms with van der Waals surface area (Å²) in [5.74, 6) is 0.197. The van der Waals surface area contributed by atoms with E-state index in [2.05, 4.69) is 0 Å². The van der Waals surface area contributed by atoms with Gasteiger partial charge in [0.05, 0.1) is 23.2 Å². The van der Waals surface area contributed by atoms with Crippen molar-refractivity contribution in [3.05, 3.63) is 33.4 Å². The normalized spacial score (nSPS) is 17.1. The number of hydrogen-bond donors (Lipinski definition) is 1. The van der Waals surface area contributed by atoms with E-state index in [1.165, 1.54) is 6.07 Å². The first-order chi connectivity index (χ1) is 7.63. The predicted octanol–water partition coefficient (Wildman–Crippen LogP) is 1.67. The monoisotopic (exact) mass is 255 g/mol. The van der Waals surface area contributed by atoms with E-state index in [9.17, 15) is 10.1 Å². The first-order valence-electron chi connectivity index (χ1n) is 4.74. The van der Waals surface area contributed by atoms with E-state index in [0.29, 0.717) is 18.6 Å². The molecule has 1 atom stereocenters. The van der Waals surface area contributed by atoms with Crippen LogP contribution in [0.4, 0.5) is 5.69 Å². The van der Waals surface area contributed by atoms with Crippen LogP contribution in [0.15, 0.2) is 12.1 Å². The van der Waals surface area contributed by atoms with Crippen molar-refractivity contribution in [2.75, 3.05) is 6.61 Å². The molecule has 1 aliphatic heterocycles. The molecule has 7 heteroatoms. The molecular weight excluding hydrogens is 246 g/mol. The number of ether oxygens (including phenoxy) is 1. The van der Waals surface area contributed by atoms with Gasteiger partial charge in [0, 0.05) is 24.1 Å². The molecule has 0 spiro atoms. The second kappa shape index (κ2) is 4.99.